The van der Waals surface area contributed by atoms with Crippen molar-refractivity contribution in [2.24, 2.45) is 0 Å². The smallest absolute Gasteiger partial charge is 0.249 e. The molecule has 1 heterocycles. The van der Waals surface area contributed by atoms with Crippen molar-refractivity contribution < 1.29 is 0 Å². The molecule has 0 amide bonds. The van der Waals surface area contributed by atoms with E-state index in [1.807, 2.05) is 13.8 Å². The minimum atomic E-state index is -0.131. The Morgan fingerprint density at radius 3 is 2.55 bits per heavy atom. The number of nitrogen functional groups attached to an aromatic ring is 1. The topological polar surface area (TPSA) is 58.9 Å². The molecule has 60 valence electrons. The minimum absolute atomic E-state index is 0.131. The average molecular weight is 152 g/mol. The van der Waals surface area contributed by atoms with Gasteiger partial charge in [-0.15, -0.1) is 0 Å². The number of nitrogens with one attached hydrogen (secondary N) is 1. The lowest BCUT2D eigenvalue weighted by Crippen LogP contribution is -2.09. The van der Waals surface area contributed by atoms with Gasteiger partial charge in [-0.3, -0.25) is 4.79 Å². The van der Waals surface area contributed by atoms with Crippen LogP contribution in [0.1, 0.15) is 25.3 Å². The number of hydrogen-bond acceptors (Lipinski definition) is 2. The summed E-state index contributed by atoms with van der Waals surface area (Å²) in [6, 6.07) is 3.35. The SMILES string of the molecule is CC(C)c1cc(N)[nH]c(=O)c1. The van der Waals surface area contributed by atoms with E-state index in [0.717, 1.165) is 5.56 Å². The lowest BCUT2D eigenvalue weighted by molar-refractivity contribution is 0.861. The maximum atomic E-state index is 10.9. The van der Waals surface area contributed by atoms with Crippen LogP contribution in [0.25, 0.3) is 0 Å². The zero-order chi connectivity index (χ0) is 8.43. The third kappa shape index (κ3) is 1.83. The van der Waals surface area contributed by atoms with Gasteiger partial charge in [-0.25, -0.2) is 0 Å². The standard InChI is InChI=1S/C8H12N2O/c1-5(2)6-3-7(9)10-8(11)4-6/h3-5H,1-2H3,(H3,9,10,11). The van der Waals surface area contributed by atoms with Gasteiger partial charge in [0.1, 0.15) is 5.82 Å². The summed E-state index contributed by atoms with van der Waals surface area (Å²) < 4.78 is 0. The number of hydrogen-bond donors (Lipinski definition) is 2. The fourth-order valence-corrected chi connectivity index (χ4v) is 0.920. The maximum absolute atomic E-state index is 10.9. The van der Waals surface area contributed by atoms with Gasteiger partial charge in [-0.1, -0.05) is 13.8 Å². The molecule has 0 spiro atoms. The molecule has 0 saturated heterocycles. The lowest BCUT2D eigenvalue weighted by atomic mass is 10.1. The summed E-state index contributed by atoms with van der Waals surface area (Å²) >= 11 is 0. The van der Waals surface area contributed by atoms with E-state index in [9.17, 15) is 4.79 Å². The summed E-state index contributed by atoms with van der Waals surface area (Å²) in [5, 5.41) is 0. The van der Waals surface area contributed by atoms with E-state index in [1.54, 1.807) is 12.1 Å². The third-order valence-electron chi connectivity index (χ3n) is 1.55. The maximum Gasteiger partial charge on any atom is 0.249 e. The number of pyridine rings is 1. The van der Waals surface area contributed by atoms with Crippen LogP contribution in [0.15, 0.2) is 16.9 Å². The molecular weight excluding hydrogens is 140 g/mol. The van der Waals surface area contributed by atoms with Crippen LogP contribution in [-0.4, -0.2) is 4.98 Å². The molecule has 3 heteroatoms. The van der Waals surface area contributed by atoms with Crippen molar-refractivity contribution in [1.82, 2.24) is 4.98 Å². The number of aromatic nitrogens is 1. The molecule has 1 rings (SSSR count). The molecule has 3 nitrogen and oxygen atoms in total. The van der Waals surface area contributed by atoms with Crippen molar-refractivity contribution in [2.75, 3.05) is 5.73 Å². The van der Waals surface area contributed by atoms with E-state index in [0.29, 0.717) is 11.7 Å². The van der Waals surface area contributed by atoms with Crippen molar-refractivity contribution in [3.05, 3.63) is 28.0 Å². The molecule has 0 unspecified atom stereocenters. The van der Waals surface area contributed by atoms with Crippen molar-refractivity contribution in [3.8, 4) is 0 Å². The molecule has 1 aromatic rings. The molecule has 0 fully saturated rings. The van der Waals surface area contributed by atoms with E-state index < -0.39 is 0 Å². The molecule has 0 aromatic carbocycles. The van der Waals surface area contributed by atoms with Crippen molar-refractivity contribution in [3.63, 3.8) is 0 Å². The van der Waals surface area contributed by atoms with Gasteiger partial charge >= 0.3 is 0 Å². The number of nitrogens with two attached hydrogens (primary N) is 1. The molecule has 0 aliphatic rings. The van der Waals surface area contributed by atoms with Crippen LogP contribution in [0.3, 0.4) is 0 Å². The van der Waals surface area contributed by atoms with E-state index in [2.05, 4.69) is 4.98 Å². The van der Waals surface area contributed by atoms with E-state index >= 15 is 0 Å². The van der Waals surface area contributed by atoms with E-state index in [1.165, 1.54) is 0 Å². The first-order valence-corrected chi connectivity index (χ1v) is 3.59. The monoisotopic (exact) mass is 152 g/mol. The van der Waals surface area contributed by atoms with Gasteiger partial charge in [0.15, 0.2) is 0 Å². The molecule has 0 saturated carbocycles. The highest BCUT2D eigenvalue weighted by molar-refractivity contribution is 5.33. The molecule has 0 atom stereocenters. The van der Waals surface area contributed by atoms with Gasteiger partial charge < -0.3 is 10.7 Å². The van der Waals surface area contributed by atoms with Crippen LogP contribution in [0.5, 0.6) is 0 Å². The van der Waals surface area contributed by atoms with Crippen LogP contribution in [0, 0.1) is 0 Å². The number of anilines is 1. The Bertz CT molecular complexity index is 301. The predicted molar refractivity (Wildman–Crippen MR) is 45.6 cm³/mol. The lowest BCUT2D eigenvalue weighted by Gasteiger charge is -2.03. The zero-order valence-corrected chi connectivity index (χ0v) is 6.72. The van der Waals surface area contributed by atoms with E-state index in [4.69, 9.17) is 5.73 Å². The molecular formula is C8H12N2O. The molecule has 3 N–H and O–H groups in total. The average Bonchev–Trinajstić information content (AvgIpc) is 1.85. The second-order valence-electron chi connectivity index (χ2n) is 2.89. The molecule has 1 aromatic heterocycles. The Kier molecular flexibility index (Phi) is 1.98. The van der Waals surface area contributed by atoms with Crippen molar-refractivity contribution >= 4 is 5.82 Å². The first kappa shape index (κ1) is 7.85. The highest BCUT2D eigenvalue weighted by Gasteiger charge is 1.99. The fourth-order valence-electron chi connectivity index (χ4n) is 0.920. The highest BCUT2D eigenvalue weighted by Crippen LogP contribution is 2.12. The Balaban J connectivity index is 3.19. The summed E-state index contributed by atoms with van der Waals surface area (Å²) in [7, 11) is 0. The molecule has 0 radical (unpaired) electrons. The number of aromatic amines is 1. The Hall–Kier alpha value is -1.25. The third-order valence-corrected chi connectivity index (χ3v) is 1.55. The van der Waals surface area contributed by atoms with Crippen LogP contribution in [0.2, 0.25) is 0 Å². The summed E-state index contributed by atoms with van der Waals surface area (Å²) in [5.41, 5.74) is 6.29. The van der Waals surface area contributed by atoms with Crippen LogP contribution in [0.4, 0.5) is 5.82 Å². The van der Waals surface area contributed by atoms with Gasteiger partial charge in [0, 0.05) is 6.07 Å². The highest BCUT2D eigenvalue weighted by atomic mass is 16.1. The van der Waals surface area contributed by atoms with Crippen molar-refractivity contribution in [2.45, 2.75) is 19.8 Å². The summed E-state index contributed by atoms with van der Waals surface area (Å²) in [6.45, 7) is 4.04. The molecule has 0 aliphatic carbocycles. The van der Waals surface area contributed by atoms with Gasteiger partial charge in [-0.05, 0) is 17.5 Å². The quantitative estimate of drug-likeness (QED) is 0.632. The summed E-state index contributed by atoms with van der Waals surface area (Å²) in [6.07, 6.45) is 0. The van der Waals surface area contributed by atoms with Gasteiger partial charge in [-0.2, -0.15) is 0 Å². The Morgan fingerprint density at radius 1 is 1.45 bits per heavy atom. The second kappa shape index (κ2) is 2.78. The van der Waals surface area contributed by atoms with Gasteiger partial charge in [0.2, 0.25) is 5.56 Å². The number of rotatable bonds is 1. The fraction of sp³-hybridized carbons (Fsp3) is 0.375. The second-order valence-corrected chi connectivity index (χ2v) is 2.89. The van der Waals surface area contributed by atoms with Crippen LogP contribution < -0.4 is 11.3 Å². The van der Waals surface area contributed by atoms with Crippen molar-refractivity contribution in [1.29, 1.82) is 0 Å². The predicted octanol–water partition coefficient (Wildman–Crippen LogP) is 1.08. The van der Waals surface area contributed by atoms with Gasteiger partial charge in [0.25, 0.3) is 0 Å². The normalized spacial score (nSPS) is 10.5. The summed E-state index contributed by atoms with van der Waals surface area (Å²) in [4.78, 5) is 13.4. The molecule has 11 heavy (non-hydrogen) atoms. The first-order chi connectivity index (χ1) is 5.09. The van der Waals surface area contributed by atoms with Crippen LogP contribution in [-0.2, 0) is 0 Å². The van der Waals surface area contributed by atoms with Crippen LogP contribution >= 0.6 is 0 Å². The first-order valence-electron chi connectivity index (χ1n) is 3.59. The van der Waals surface area contributed by atoms with Gasteiger partial charge in [0.05, 0.1) is 0 Å². The zero-order valence-electron chi connectivity index (χ0n) is 6.72. The Labute approximate surface area is 65.2 Å². The minimum Gasteiger partial charge on any atom is -0.385 e. The van der Waals surface area contributed by atoms with E-state index in [-0.39, 0.29) is 5.56 Å². The molecule has 0 bridgehead atoms. The number of H-pyrrole nitrogens is 1. The molecule has 0 aliphatic heterocycles. The largest absolute Gasteiger partial charge is 0.385 e. The summed E-state index contributed by atoms with van der Waals surface area (Å²) in [5.74, 6) is 0.779. The Morgan fingerprint density at radius 2 is 2.09 bits per heavy atom.